The van der Waals surface area contributed by atoms with E-state index in [2.05, 4.69) is 22.8 Å². The first kappa shape index (κ1) is 17.5. The number of hydrogen-bond donors (Lipinski definition) is 3. The molecule has 1 saturated carbocycles. The van der Waals surface area contributed by atoms with Gasteiger partial charge in [-0.05, 0) is 50.0 Å². The molecule has 0 spiro atoms. The minimum absolute atomic E-state index is 0.0830. The third-order valence-electron chi connectivity index (χ3n) is 4.13. The van der Waals surface area contributed by atoms with Gasteiger partial charge in [-0.2, -0.15) is 5.10 Å². The van der Waals surface area contributed by atoms with E-state index in [1.807, 2.05) is 13.0 Å². The average molecular weight is 335 g/mol. The summed E-state index contributed by atoms with van der Waals surface area (Å²) in [5.41, 5.74) is 3.40. The molecule has 0 aliphatic heterocycles. The minimum Gasteiger partial charge on any atom is -0.504 e. The summed E-state index contributed by atoms with van der Waals surface area (Å²) >= 11 is 5.28. The second-order valence-corrected chi connectivity index (χ2v) is 6.25. The van der Waals surface area contributed by atoms with Crippen molar-refractivity contribution in [3.63, 3.8) is 0 Å². The molecular weight excluding hydrogens is 310 g/mol. The normalized spacial score (nSPS) is 21.1. The molecule has 1 aromatic carbocycles. The second kappa shape index (κ2) is 8.72. The highest BCUT2D eigenvalue weighted by Crippen LogP contribution is 2.28. The number of hydrazone groups is 1. The van der Waals surface area contributed by atoms with E-state index in [1.165, 1.54) is 25.5 Å². The summed E-state index contributed by atoms with van der Waals surface area (Å²) in [6.45, 7) is 4.62. The van der Waals surface area contributed by atoms with Crippen molar-refractivity contribution in [1.29, 1.82) is 0 Å². The lowest BCUT2D eigenvalue weighted by Gasteiger charge is -2.30. The summed E-state index contributed by atoms with van der Waals surface area (Å²) in [5.74, 6) is 1.16. The van der Waals surface area contributed by atoms with Crippen molar-refractivity contribution in [1.82, 2.24) is 10.7 Å². The SMILES string of the molecule is CCOc1cccc(/C=N/NC(=S)N[C@H]2CCCC[C@H]2C)c1O. The van der Waals surface area contributed by atoms with Crippen LogP contribution in [-0.2, 0) is 0 Å². The van der Waals surface area contributed by atoms with Crippen LogP contribution in [0, 0.1) is 5.92 Å². The van der Waals surface area contributed by atoms with Crippen molar-refractivity contribution in [3.8, 4) is 11.5 Å². The largest absolute Gasteiger partial charge is 0.504 e. The van der Waals surface area contributed by atoms with Crippen LogP contribution in [0.1, 0.15) is 45.1 Å². The van der Waals surface area contributed by atoms with Crippen LogP contribution in [0.5, 0.6) is 11.5 Å². The van der Waals surface area contributed by atoms with Gasteiger partial charge >= 0.3 is 0 Å². The summed E-state index contributed by atoms with van der Waals surface area (Å²) in [4.78, 5) is 0. The molecular formula is C17H25N3O2S. The molecule has 6 heteroatoms. The number of para-hydroxylation sites is 1. The van der Waals surface area contributed by atoms with Gasteiger partial charge in [-0.15, -0.1) is 0 Å². The smallest absolute Gasteiger partial charge is 0.187 e. The summed E-state index contributed by atoms with van der Waals surface area (Å²) in [5, 5.41) is 18.0. The van der Waals surface area contributed by atoms with Gasteiger partial charge in [-0.25, -0.2) is 0 Å². The first-order valence-electron chi connectivity index (χ1n) is 8.16. The third-order valence-corrected chi connectivity index (χ3v) is 4.34. The van der Waals surface area contributed by atoms with E-state index in [-0.39, 0.29) is 5.75 Å². The zero-order chi connectivity index (χ0) is 16.7. The summed E-state index contributed by atoms with van der Waals surface area (Å²) in [7, 11) is 0. The number of phenols is 1. The lowest BCUT2D eigenvalue weighted by molar-refractivity contribution is 0.308. The van der Waals surface area contributed by atoms with Crippen molar-refractivity contribution < 1.29 is 9.84 Å². The number of rotatable bonds is 5. The van der Waals surface area contributed by atoms with Gasteiger partial charge in [0.2, 0.25) is 0 Å². The molecule has 0 aromatic heterocycles. The molecule has 126 valence electrons. The Kier molecular flexibility index (Phi) is 6.65. The average Bonchev–Trinajstić information content (AvgIpc) is 2.53. The Hall–Kier alpha value is -1.82. The zero-order valence-electron chi connectivity index (χ0n) is 13.7. The van der Waals surface area contributed by atoms with Gasteiger partial charge in [0.05, 0.1) is 12.8 Å². The molecule has 0 saturated heterocycles. The zero-order valence-corrected chi connectivity index (χ0v) is 14.5. The van der Waals surface area contributed by atoms with Crippen LogP contribution in [-0.4, -0.2) is 29.1 Å². The van der Waals surface area contributed by atoms with Crippen molar-refractivity contribution in [2.75, 3.05) is 6.61 Å². The second-order valence-electron chi connectivity index (χ2n) is 5.84. The molecule has 1 aliphatic carbocycles. The fourth-order valence-corrected chi connectivity index (χ4v) is 3.01. The minimum atomic E-state index is 0.0830. The molecule has 1 fully saturated rings. The maximum atomic E-state index is 10.1. The Morgan fingerprint density at radius 3 is 2.96 bits per heavy atom. The number of ether oxygens (including phenoxy) is 1. The van der Waals surface area contributed by atoms with E-state index in [1.54, 1.807) is 12.1 Å². The number of phenolic OH excluding ortho intramolecular Hbond substituents is 1. The van der Waals surface area contributed by atoms with E-state index in [0.29, 0.717) is 35.0 Å². The molecule has 0 bridgehead atoms. The van der Waals surface area contributed by atoms with Crippen LogP contribution in [0.4, 0.5) is 0 Å². The Morgan fingerprint density at radius 1 is 1.43 bits per heavy atom. The number of benzene rings is 1. The van der Waals surface area contributed by atoms with Crippen molar-refractivity contribution in [3.05, 3.63) is 23.8 Å². The van der Waals surface area contributed by atoms with Gasteiger partial charge in [0.15, 0.2) is 16.6 Å². The van der Waals surface area contributed by atoms with E-state index in [4.69, 9.17) is 17.0 Å². The van der Waals surface area contributed by atoms with Crippen LogP contribution >= 0.6 is 12.2 Å². The monoisotopic (exact) mass is 335 g/mol. The molecule has 0 unspecified atom stereocenters. The van der Waals surface area contributed by atoms with Crippen LogP contribution in [0.15, 0.2) is 23.3 Å². The number of thiocarbonyl (C=S) groups is 1. The number of aromatic hydroxyl groups is 1. The summed E-state index contributed by atoms with van der Waals surface area (Å²) in [6.07, 6.45) is 6.46. The summed E-state index contributed by atoms with van der Waals surface area (Å²) < 4.78 is 5.35. The molecule has 0 heterocycles. The Labute approximate surface area is 143 Å². The lowest BCUT2D eigenvalue weighted by Crippen LogP contribution is -2.44. The van der Waals surface area contributed by atoms with Gasteiger partial charge < -0.3 is 15.2 Å². The van der Waals surface area contributed by atoms with Gasteiger partial charge in [0.1, 0.15) is 0 Å². The van der Waals surface area contributed by atoms with Crippen molar-refractivity contribution in [2.45, 2.75) is 45.6 Å². The van der Waals surface area contributed by atoms with Crippen LogP contribution in [0.3, 0.4) is 0 Å². The maximum absolute atomic E-state index is 10.1. The van der Waals surface area contributed by atoms with E-state index >= 15 is 0 Å². The molecule has 2 rings (SSSR count). The molecule has 0 amide bonds. The topological polar surface area (TPSA) is 65.9 Å². The molecule has 1 aliphatic rings. The lowest BCUT2D eigenvalue weighted by atomic mass is 9.86. The van der Waals surface area contributed by atoms with Crippen molar-refractivity contribution in [2.24, 2.45) is 11.0 Å². The first-order valence-corrected chi connectivity index (χ1v) is 8.57. The predicted molar refractivity (Wildman–Crippen MR) is 97.2 cm³/mol. The Morgan fingerprint density at radius 2 is 2.22 bits per heavy atom. The molecule has 0 radical (unpaired) electrons. The molecule has 2 atom stereocenters. The first-order chi connectivity index (χ1) is 11.1. The highest BCUT2D eigenvalue weighted by molar-refractivity contribution is 7.80. The molecule has 3 N–H and O–H groups in total. The summed E-state index contributed by atoms with van der Waals surface area (Å²) in [6, 6.07) is 5.71. The third kappa shape index (κ3) is 5.10. The van der Waals surface area contributed by atoms with Crippen LogP contribution in [0.2, 0.25) is 0 Å². The van der Waals surface area contributed by atoms with E-state index < -0.39 is 0 Å². The highest BCUT2D eigenvalue weighted by atomic mass is 32.1. The Balaban J connectivity index is 1.88. The number of nitrogens with zero attached hydrogens (tertiary/aromatic N) is 1. The molecule has 23 heavy (non-hydrogen) atoms. The van der Waals surface area contributed by atoms with E-state index in [9.17, 15) is 5.11 Å². The quantitative estimate of drug-likeness (QED) is 0.438. The van der Waals surface area contributed by atoms with Gasteiger partial charge in [-0.1, -0.05) is 25.8 Å². The highest BCUT2D eigenvalue weighted by Gasteiger charge is 2.21. The predicted octanol–water partition coefficient (Wildman–Crippen LogP) is 3.17. The van der Waals surface area contributed by atoms with Crippen molar-refractivity contribution >= 4 is 23.5 Å². The fourth-order valence-electron chi connectivity index (χ4n) is 2.81. The van der Waals surface area contributed by atoms with Crippen LogP contribution in [0.25, 0.3) is 0 Å². The molecule has 1 aromatic rings. The van der Waals surface area contributed by atoms with Gasteiger partial charge in [-0.3, -0.25) is 5.43 Å². The van der Waals surface area contributed by atoms with Gasteiger partial charge in [0, 0.05) is 11.6 Å². The molecule has 5 nitrogen and oxygen atoms in total. The van der Waals surface area contributed by atoms with E-state index in [0.717, 1.165) is 6.42 Å². The fraction of sp³-hybridized carbons (Fsp3) is 0.529. The Bertz CT molecular complexity index is 563. The number of nitrogens with one attached hydrogen (secondary N) is 2. The van der Waals surface area contributed by atoms with Gasteiger partial charge in [0.25, 0.3) is 0 Å². The standard InChI is InChI=1S/C17H25N3O2S/c1-3-22-15-10-6-8-13(16(15)21)11-18-20-17(23)19-14-9-5-4-7-12(14)2/h6,8,10-12,14,21H,3-5,7,9H2,1-2H3,(H2,19,20,23)/b18-11+/t12-,14+/m1/s1. The number of hydrogen-bond acceptors (Lipinski definition) is 4. The maximum Gasteiger partial charge on any atom is 0.187 e. The van der Waals surface area contributed by atoms with Crippen LogP contribution < -0.4 is 15.5 Å².